The van der Waals surface area contributed by atoms with Gasteiger partial charge in [-0.05, 0) is 25.1 Å². The first-order valence-electron chi connectivity index (χ1n) is 5.92. The molecule has 0 unspecified atom stereocenters. The molecule has 0 N–H and O–H groups in total. The number of hydrogen-bond acceptors (Lipinski definition) is 3. The smallest absolute Gasteiger partial charge is 0.216 e. The van der Waals surface area contributed by atoms with Gasteiger partial charge in [0.25, 0.3) is 11.6 Å². The maximum Gasteiger partial charge on any atom is 0.453 e. The normalized spacial score (nSPS) is 12.0. The van der Waals surface area contributed by atoms with Gasteiger partial charge in [0.05, 0.1) is 5.69 Å². The van der Waals surface area contributed by atoms with Crippen molar-refractivity contribution in [2.75, 3.05) is 0 Å². The predicted molar refractivity (Wildman–Crippen MR) is 71.0 cm³/mol. The zero-order valence-corrected chi connectivity index (χ0v) is 11.4. The number of hydrogen-bond donors (Lipinski definition) is 0. The Morgan fingerprint density at radius 2 is 1.90 bits per heavy atom. The molecule has 0 saturated carbocycles. The van der Waals surface area contributed by atoms with Crippen LogP contribution in [-0.2, 0) is 6.18 Å². The van der Waals surface area contributed by atoms with Crippen LogP contribution in [0.25, 0.3) is 17.0 Å². The van der Waals surface area contributed by atoms with Crippen molar-refractivity contribution in [3.63, 3.8) is 0 Å². The molecule has 1 aromatic carbocycles. The number of aromatic nitrogens is 4. The molecule has 21 heavy (non-hydrogen) atoms. The minimum atomic E-state index is -4.62. The van der Waals surface area contributed by atoms with Gasteiger partial charge in [-0.3, -0.25) is 0 Å². The summed E-state index contributed by atoms with van der Waals surface area (Å²) in [5, 5.41) is 3.98. The van der Waals surface area contributed by atoms with Crippen LogP contribution in [-0.4, -0.2) is 19.6 Å². The van der Waals surface area contributed by atoms with Gasteiger partial charge >= 0.3 is 6.18 Å². The maximum absolute atomic E-state index is 12.7. The summed E-state index contributed by atoms with van der Waals surface area (Å²) in [6.45, 7) is 1.68. The first-order valence-corrected chi connectivity index (χ1v) is 6.30. The Bertz CT molecular complexity index is 826. The second-order valence-corrected chi connectivity index (χ2v) is 4.87. The van der Waals surface area contributed by atoms with Crippen LogP contribution in [0.5, 0.6) is 0 Å². The third kappa shape index (κ3) is 2.56. The number of aryl methyl sites for hydroxylation is 1. The molecule has 3 rings (SSSR count). The lowest BCUT2D eigenvalue weighted by Gasteiger charge is -2.05. The lowest BCUT2D eigenvalue weighted by atomic mass is 10.1. The van der Waals surface area contributed by atoms with E-state index in [1.165, 1.54) is 0 Å². The summed E-state index contributed by atoms with van der Waals surface area (Å²) in [5.74, 6) is -1.32. The van der Waals surface area contributed by atoms with E-state index in [0.29, 0.717) is 22.0 Å². The average Bonchev–Trinajstić information content (AvgIpc) is 2.81. The summed E-state index contributed by atoms with van der Waals surface area (Å²) in [6, 6.07) is 8.40. The van der Waals surface area contributed by atoms with Crippen molar-refractivity contribution in [3.05, 3.63) is 46.9 Å². The first kappa shape index (κ1) is 13.8. The Hall–Kier alpha value is -2.15. The van der Waals surface area contributed by atoms with Gasteiger partial charge < -0.3 is 0 Å². The van der Waals surface area contributed by atoms with Crippen LogP contribution in [0.1, 0.15) is 11.5 Å². The van der Waals surface area contributed by atoms with Gasteiger partial charge in [-0.15, -0.1) is 5.10 Å². The fraction of sp³-hybridized carbons (Fsp3) is 0.154. The van der Waals surface area contributed by atoms with E-state index >= 15 is 0 Å². The summed E-state index contributed by atoms with van der Waals surface area (Å²) in [5.41, 5.74) is 1.62. The Morgan fingerprint density at radius 3 is 2.57 bits per heavy atom. The van der Waals surface area contributed by atoms with Crippen molar-refractivity contribution >= 4 is 17.4 Å². The van der Waals surface area contributed by atoms with Crippen molar-refractivity contribution in [1.82, 2.24) is 19.6 Å². The molecule has 0 fully saturated rings. The van der Waals surface area contributed by atoms with E-state index in [-0.39, 0.29) is 5.78 Å². The minimum Gasteiger partial charge on any atom is -0.216 e. The zero-order chi connectivity index (χ0) is 15.2. The van der Waals surface area contributed by atoms with Gasteiger partial charge in [-0.1, -0.05) is 23.7 Å². The number of rotatable bonds is 1. The predicted octanol–water partition coefficient (Wildman–Crippen LogP) is 3.77. The number of alkyl halides is 3. The molecule has 0 aliphatic carbocycles. The van der Waals surface area contributed by atoms with Crippen molar-refractivity contribution in [3.8, 4) is 11.3 Å². The Balaban J connectivity index is 2.29. The van der Waals surface area contributed by atoms with Crippen molar-refractivity contribution in [1.29, 1.82) is 0 Å². The molecule has 0 bridgehead atoms. The van der Waals surface area contributed by atoms with E-state index in [4.69, 9.17) is 11.6 Å². The Kier molecular flexibility index (Phi) is 3.09. The molecule has 0 spiro atoms. The first-order chi connectivity index (χ1) is 9.84. The standard InChI is InChI=1S/C13H8ClF3N4/c1-7-5-10(8-3-2-4-9(14)6-8)21-12(18-7)19-11(20-21)13(15,16)17/h2-6H,1H3. The molecule has 0 atom stereocenters. The van der Waals surface area contributed by atoms with Crippen LogP contribution >= 0.6 is 11.6 Å². The van der Waals surface area contributed by atoms with E-state index in [0.717, 1.165) is 4.52 Å². The third-order valence-corrected chi connectivity index (χ3v) is 3.05. The van der Waals surface area contributed by atoms with Crippen LogP contribution in [0.4, 0.5) is 13.2 Å². The lowest BCUT2D eigenvalue weighted by Crippen LogP contribution is -2.07. The molecule has 3 aromatic rings. The molecule has 0 aliphatic rings. The average molecular weight is 313 g/mol. The van der Waals surface area contributed by atoms with E-state index in [9.17, 15) is 13.2 Å². The molecule has 0 saturated heterocycles. The van der Waals surface area contributed by atoms with Crippen LogP contribution < -0.4 is 0 Å². The Morgan fingerprint density at radius 1 is 1.14 bits per heavy atom. The number of halogens is 4. The molecule has 108 valence electrons. The highest BCUT2D eigenvalue weighted by Gasteiger charge is 2.36. The monoisotopic (exact) mass is 312 g/mol. The SMILES string of the molecule is Cc1cc(-c2cccc(Cl)c2)n2nc(C(F)(F)F)nc2n1. The highest BCUT2D eigenvalue weighted by atomic mass is 35.5. The largest absolute Gasteiger partial charge is 0.453 e. The summed E-state index contributed by atoms with van der Waals surface area (Å²) in [7, 11) is 0. The quantitative estimate of drug-likeness (QED) is 0.687. The van der Waals surface area contributed by atoms with Crippen molar-refractivity contribution in [2.24, 2.45) is 0 Å². The van der Waals surface area contributed by atoms with Gasteiger partial charge in [0.2, 0.25) is 0 Å². The molecule has 0 radical (unpaired) electrons. The van der Waals surface area contributed by atoms with E-state index in [1.807, 2.05) is 0 Å². The number of fused-ring (bicyclic) bond motifs is 1. The third-order valence-electron chi connectivity index (χ3n) is 2.81. The fourth-order valence-corrected chi connectivity index (χ4v) is 2.15. The highest BCUT2D eigenvalue weighted by Crippen LogP contribution is 2.28. The molecular formula is C13H8ClF3N4. The van der Waals surface area contributed by atoms with Crippen LogP contribution in [0, 0.1) is 6.92 Å². The number of benzene rings is 1. The second kappa shape index (κ2) is 4.70. The van der Waals surface area contributed by atoms with Crippen LogP contribution in [0.2, 0.25) is 5.02 Å². The topological polar surface area (TPSA) is 43.1 Å². The van der Waals surface area contributed by atoms with Gasteiger partial charge in [-0.2, -0.15) is 22.7 Å². The second-order valence-electron chi connectivity index (χ2n) is 4.44. The van der Waals surface area contributed by atoms with Crippen molar-refractivity contribution in [2.45, 2.75) is 13.1 Å². The molecule has 8 heteroatoms. The lowest BCUT2D eigenvalue weighted by molar-refractivity contribution is -0.144. The van der Waals surface area contributed by atoms with Crippen molar-refractivity contribution < 1.29 is 13.2 Å². The fourth-order valence-electron chi connectivity index (χ4n) is 1.96. The van der Waals surface area contributed by atoms with E-state index in [1.54, 1.807) is 37.3 Å². The van der Waals surface area contributed by atoms with Crippen LogP contribution in [0.15, 0.2) is 30.3 Å². The summed E-state index contributed by atoms with van der Waals surface area (Å²) in [4.78, 5) is 7.41. The summed E-state index contributed by atoms with van der Waals surface area (Å²) >= 11 is 5.92. The molecule has 4 nitrogen and oxygen atoms in total. The minimum absolute atomic E-state index is 0.0997. The van der Waals surface area contributed by atoms with Crippen LogP contribution in [0.3, 0.4) is 0 Å². The van der Waals surface area contributed by atoms with Gasteiger partial charge in [0.1, 0.15) is 0 Å². The van der Waals surface area contributed by atoms with Gasteiger partial charge in [0, 0.05) is 16.3 Å². The number of nitrogens with zero attached hydrogens (tertiary/aromatic N) is 4. The van der Waals surface area contributed by atoms with Gasteiger partial charge in [-0.25, -0.2) is 4.98 Å². The molecule has 0 aliphatic heterocycles. The summed E-state index contributed by atoms with van der Waals surface area (Å²) in [6.07, 6.45) is -4.62. The molecular weight excluding hydrogens is 305 g/mol. The highest BCUT2D eigenvalue weighted by molar-refractivity contribution is 6.30. The van der Waals surface area contributed by atoms with Gasteiger partial charge in [0.15, 0.2) is 0 Å². The maximum atomic E-state index is 12.7. The van der Waals surface area contributed by atoms with E-state index in [2.05, 4.69) is 15.1 Å². The summed E-state index contributed by atoms with van der Waals surface area (Å²) < 4.78 is 39.3. The molecule has 0 amide bonds. The molecule has 2 aromatic heterocycles. The molecule has 2 heterocycles. The van der Waals surface area contributed by atoms with E-state index < -0.39 is 12.0 Å². The zero-order valence-electron chi connectivity index (χ0n) is 10.7. The Labute approximate surface area is 122 Å².